The van der Waals surface area contributed by atoms with Crippen LogP contribution in [0.5, 0.6) is 0 Å². The van der Waals surface area contributed by atoms with Gasteiger partial charge in [0.15, 0.2) is 5.82 Å². The van der Waals surface area contributed by atoms with Crippen LogP contribution in [0, 0.1) is 0 Å². The number of likely N-dealkylation sites (N-methyl/N-ethyl adjacent to an activating group) is 1. The van der Waals surface area contributed by atoms with Gasteiger partial charge >= 0.3 is 0 Å². The van der Waals surface area contributed by atoms with Crippen molar-refractivity contribution >= 4 is 17.8 Å². The zero-order valence-corrected chi connectivity index (χ0v) is 6.69. The van der Waals surface area contributed by atoms with Crippen molar-refractivity contribution in [2.45, 2.75) is 6.54 Å². The first kappa shape index (κ1) is 7.06. The second kappa shape index (κ2) is 2.46. The third-order valence-electron chi connectivity index (χ3n) is 1.92. The summed E-state index contributed by atoms with van der Waals surface area (Å²) >= 11 is 0. The number of aromatic nitrogens is 2. The van der Waals surface area contributed by atoms with E-state index in [1.54, 1.807) is 6.20 Å². The van der Waals surface area contributed by atoms with Crippen molar-refractivity contribution in [2.75, 3.05) is 18.5 Å². The van der Waals surface area contributed by atoms with E-state index in [0.29, 0.717) is 5.82 Å². The van der Waals surface area contributed by atoms with E-state index >= 15 is 0 Å². The van der Waals surface area contributed by atoms with Crippen molar-refractivity contribution in [1.82, 2.24) is 9.55 Å². The number of aliphatic imine (C=N–C) groups is 1. The Hall–Kier alpha value is -1.61. The van der Waals surface area contributed by atoms with Crippen LogP contribution in [0.3, 0.4) is 0 Å². The Morgan fingerprint density at radius 2 is 2.50 bits per heavy atom. The third-order valence-corrected chi connectivity index (χ3v) is 1.92. The van der Waals surface area contributed by atoms with E-state index in [2.05, 4.69) is 9.98 Å². The Morgan fingerprint density at radius 3 is 3.17 bits per heavy atom. The molecule has 0 aliphatic carbocycles. The van der Waals surface area contributed by atoms with Crippen LogP contribution >= 0.6 is 0 Å². The Labute approximate surface area is 69.3 Å². The summed E-state index contributed by atoms with van der Waals surface area (Å²) in [5.41, 5.74) is 0. The minimum atomic E-state index is 0.437. The first-order valence-corrected chi connectivity index (χ1v) is 3.67. The molecule has 0 saturated heterocycles. The van der Waals surface area contributed by atoms with Crippen molar-refractivity contribution in [3.05, 3.63) is 6.20 Å². The van der Waals surface area contributed by atoms with Gasteiger partial charge in [-0.25, -0.2) is 4.79 Å². The summed E-state index contributed by atoms with van der Waals surface area (Å²) < 4.78 is 1.97. The van der Waals surface area contributed by atoms with E-state index < -0.39 is 0 Å². The molecule has 0 N–H and O–H groups in total. The molecule has 12 heavy (non-hydrogen) atoms. The maximum Gasteiger partial charge on any atom is 0.242 e. The number of hydrogen-bond donors (Lipinski definition) is 0. The summed E-state index contributed by atoms with van der Waals surface area (Å²) in [5, 5.41) is 0. The lowest BCUT2D eigenvalue weighted by Crippen LogP contribution is -2.13. The highest BCUT2D eigenvalue weighted by molar-refractivity contribution is 5.48. The molecule has 2 rings (SSSR count). The molecule has 1 aromatic rings. The van der Waals surface area contributed by atoms with Gasteiger partial charge in [0, 0.05) is 20.1 Å². The van der Waals surface area contributed by atoms with Crippen molar-refractivity contribution in [3.8, 4) is 0 Å². The highest BCUT2D eigenvalue weighted by Gasteiger charge is 2.17. The number of nitrogens with zero attached hydrogens (tertiary/aromatic N) is 4. The van der Waals surface area contributed by atoms with Gasteiger partial charge in [-0.3, -0.25) is 0 Å². The van der Waals surface area contributed by atoms with Crippen molar-refractivity contribution in [2.24, 2.45) is 4.99 Å². The van der Waals surface area contributed by atoms with Gasteiger partial charge in [0.1, 0.15) is 0 Å². The van der Waals surface area contributed by atoms with Gasteiger partial charge < -0.3 is 9.47 Å². The van der Waals surface area contributed by atoms with E-state index in [9.17, 15) is 4.79 Å². The Bertz CT molecular complexity index is 350. The van der Waals surface area contributed by atoms with E-state index in [4.69, 9.17) is 0 Å². The fourth-order valence-corrected chi connectivity index (χ4v) is 1.32. The molecular formula is C7H8N4O. The van der Waals surface area contributed by atoms with E-state index in [1.807, 2.05) is 16.5 Å². The zero-order valence-electron chi connectivity index (χ0n) is 6.69. The van der Waals surface area contributed by atoms with Crippen LogP contribution in [-0.4, -0.2) is 29.2 Å². The summed E-state index contributed by atoms with van der Waals surface area (Å²) in [5.74, 6) is 1.30. The van der Waals surface area contributed by atoms with E-state index in [-0.39, 0.29) is 0 Å². The molecule has 0 fully saturated rings. The number of isocyanates is 1. The molecule has 1 aromatic heterocycles. The molecule has 0 amide bonds. The van der Waals surface area contributed by atoms with Crippen LogP contribution in [0.15, 0.2) is 11.2 Å². The average Bonchev–Trinajstić information content (AvgIpc) is 2.55. The lowest BCUT2D eigenvalue weighted by atomic mass is 10.6. The highest BCUT2D eigenvalue weighted by Crippen LogP contribution is 2.22. The predicted molar refractivity (Wildman–Crippen MR) is 43.3 cm³/mol. The zero-order chi connectivity index (χ0) is 8.55. The fourth-order valence-electron chi connectivity index (χ4n) is 1.32. The van der Waals surface area contributed by atoms with Gasteiger partial charge in [0.05, 0.1) is 6.20 Å². The van der Waals surface area contributed by atoms with E-state index in [0.717, 1.165) is 19.0 Å². The quantitative estimate of drug-likeness (QED) is 0.443. The number of carbonyl (C=O) groups excluding carboxylic acids is 1. The smallest absolute Gasteiger partial charge is 0.242 e. The van der Waals surface area contributed by atoms with Crippen LogP contribution in [-0.2, 0) is 11.3 Å². The Kier molecular flexibility index (Phi) is 1.45. The second-order valence-electron chi connectivity index (χ2n) is 2.72. The van der Waals surface area contributed by atoms with Crippen LogP contribution in [0.2, 0.25) is 0 Å². The summed E-state index contributed by atoms with van der Waals surface area (Å²) in [4.78, 5) is 19.5. The minimum absolute atomic E-state index is 0.437. The monoisotopic (exact) mass is 164 g/mol. The maximum atomic E-state index is 9.93. The lowest BCUT2D eigenvalue weighted by molar-refractivity contribution is 0.565. The second-order valence-corrected chi connectivity index (χ2v) is 2.72. The fraction of sp³-hybridized carbons (Fsp3) is 0.429. The molecule has 0 unspecified atom stereocenters. The summed E-state index contributed by atoms with van der Waals surface area (Å²) in [6, 6.07) is 0. The molecular weight excluding hydrogens is 156 g/mol. The lowest BCUT2D eigenvalue weighted by Gasteiger charge is -2.04. The Balaban J connectivity index is 2.42. The van der Waals surface area contributed by atoms with Gasteiger partial charge in [0.2, 0.25) is 12.0 Å². The molecule has 1 aliphatic heterocycles. The number of hydrogen-bond acceptors (Lipinski definition) is 4. The van der Waals surface area contributed by atoms with Gasteiger partial charge in [-0.05, 0) is 0 Å². The molecule has 5 nitrogen and oxygen atoms in total. The van der Waals surface area contributed by atoms with Crippen molar-refractivity contribution in [1.29, 1.82) is 0 Å². The highest BCUT2D eigenvalue weighted by atomic mass is 16.1. The average molecular weight is 164 g/mol. The molecule has 0 spiro atoms. The van der Waals surface area contributed by atoms with Crippen LogP contribution in [0.25, 0.3) is 0 Å². The molecule has 5 heteroatoms. The topological polar surface area (TPSA) is 50.5 Å². The standard InChI is InChI=1S/C7H8N4O/c1-10-2-3-11-4-6(8-5-12)9-7(10)11/h4H,2-3H2,1H3. The van der Waals surface area contributed by atoms with E-state index in [1.165, 1.54) is 6.08 Å². The predicted octanol–water partition coefficient (Wildman–Crippen LogP) is 0.300. The molecule has 0 saturated carbocycles. The van der Waals surface area contributed by atoms with Gasteiger partial charge in [-0.15, -0.1) is 4.99 Å². The number of fused-ring (bicyclic) bond motifs is 1. The van der Waals surface area contributed by atoms with Gasteiger partial charge in [-0.1, -0.05) is 0 Å². The van der Waals surface area contributed by atoms with Crippen LogP contribution in [0.4, 0.5) is 11.8 Å². The number of rotatable bonds is 1. The molecule has 1 aliphatic rings. The molecule has 0 radical (unpaired) electrons. The molecule has 62 valence electrons. The summed E-state index contributed by atoms with van der Waals surface area (Å²) in [7, 11) is 1.96. The molecule has 0 aromatic carbocycles. The molecule has 0 bridgehead atoms. The first-order chi connectivity index (χ1) is 5.81. The minimum Gasteiger partial charge on any atom is -0.343 e. The van der Waals surface area contributed by atoms with Gasteiger partial charge in [-0.2, -0.15) is 4.98 Å². The molecule has 0 atom stereocenters. The SMILES string of the molecule is CN1CCn2cc(N=C=O)nc21. The third kappa shape index (κ3) is 0.914. The normalized spacial score (nSPS) is 14.2. The molecule has 2 heterocycles. The summed E-state index contributed by atoms with van der Waals surface area (Å²) in [6.07, 6.45) is 3.22. The van der Waals surface area contributed by atoms with Crippen LogP contribution < -0.4 is 4.90 Å². The first-order valence-electron chi connectivity index (χ1n) is 3.67. The maximum absolute atomic E-state index is 9.93. The number of imidazole rings is 1. The van der Waals surface area contributed by atoms with Crippen molar-refractivity contribution in [3.63, 3.8) is 0 Å². The van der Waals surface area contributed by atoms with Gasteiger partial charge in [0.25, 0.3) is 0 Å². The number of anilines is 1. The largest absolute Gasteiger partial charge is 0.343 e. The van der Waals surface area contributed by atoms with Crippen molar-refractivity contribution < 1.29 is 4.79 Å². The summed E-state index contributed by atoms with van der Waals surface area (Å²) in [6.45, 7) is 1.88. The Morgan fingerprint density at radius 1 is 1.67 bits per heavy atom. The van der Waals surface area contributed by atoms with Crippen LogP contribution in [0.1, 0.15) is 0 Å².